The molecule has 1 aromatic rings. The lowest BCUT2D eigenvalue weighted by molar-refractivity contribution is -0.184. The number of ether oxygens (including phenoxy) is 2. The van der Waals surface area contributed by atoms with Crippen LogP contribution in [0.1, 0.15) is 11.7 Å². The normalized spacial score (nSPS) is 39.9. The van der Waals surface area contributed by atoms with E-state index in [-0.39, 0.29) is 5.84 Å². The van der Waals surface area contributed by atoms with Crippen LogP contribution in [-0.2, 0) is 9.47 Å². The van der Waals surface area contributed by atoms with Gasteiger partial charge in [-0.15, -0.1) is 0 Å². The van der Waals surface area contributed by atoms with Crippen LogP contribution in [0.3, 0.4) is 0 Å². The molecule has 2 fully saturated rings. The molecule has 0 aromatic carbocycles. The van der Waals surface area contributed by atoms with E-state index in [0.717, 1.165) is 0 Å². The molecule has 1 aliphatic carbocycles. The van der Waals surface area contributed by atoms with Gasteiger partial charge in [0.25, 0.3) is 5.91 Å². The summed E-state index contributed by atoms with van der Waals surface area (Å²) >= 11 is 0. The average Bonchev–Trinajstić information content (AvgIpc) is 2.93. The Hall–Kier alpha value is -2.35. The van der Waals surface area contributed by atoms with Crippen LogP contribution >= 0.6 is 0 Å². The number of nitrogens with two attached hydrogens (primary N) is 1. The maximum absolute atomic E-state index is 9.74. The molecule has 3 aliphatic rings. The van der Waals surface area contributed by atoms with Crippen LogP contribution in [0.15, 0.2) is 27.8 Å². The van der Waals surface area contributed by atoms with E-state index in [4.69, 9.17) is 19.6 Å². The molecule has 100 valence electrons. The highest BCUT2D eigenvalue weighted by Crippen LogP contribution is 2.82. The first-order chi connectivity index (χ1) is 9.68. The van der Waals surface area contributed by atoms with Crippen molar-refractivity contribution >= 4 is 5.84 Å². The van der Waals surface area contributed by atoms with E-state index < -0.39 is 22.7 Å². The van der Waals surface area contributed by atoms with E-state index >= 15 is 0 Å². The minimum atomic E-state index is -1.49. The van der Waals surface area contributed by atoms with Crippen LogP contribution in [0.25, 0.3) is 0 Å². The predicted molar refractivity (Wildman–Crippen MR) is 63.8 cm³/mol. The van der Waals surface area contributed by atoms with Crippen molar-refractivity contribution in [3.8, 4) is 12.1 Å². The molecular formula is C13H10N4O3. The second kappa shape index (κ2) is 3.21. The van der Waals surface area contributed by atoms with Gasteiger partial charge in [-0.05, 0) is 12.1 Å². The number of nitrogens with zero attached hydrogens (tertiary/aromatic N) is 3. The van der Waals surface area contributed by atoms with Crippen LogP contribution in [0.4, 0.5) is 0 Å². The van der Waals surface area contributed by atoms with E-state index in [1.807, 2.05) is 0 Å². The number of hydrogen-bond donors (Lipinski definition) is 1. The molecule has 0 unspecified atom stereocenters. The molecule has 1 spiro atoms. The van der Waals surface area contributed by atoms with Crippen molar-refractivity contribution in [3.63, 3.8) is 0 Å². The van der Waals surface area contributed by atoms with Gasteiger partial charge < -0.3 is 19.6 Å². The lowest BCUT2D eigenvalue weighted by atomic mass is 9.94. The monoisotopic (exact) mass is 270 g/mol. The van der Waals surface area contributed by atoms with E-state index in [1.54, 1.807) is 12.1 Å². The van der Waals surface area contributed by atoms with Gasteiger partial charge in [-0.1, -0.05) is 0 Å². The van der Waals surface area contributed by atoms with Crippen LogP contribution in [-0.4, -0.2) is 25.0 Å². The van der Waals surface area contributed by atoms with Gasteiger partial charge in [0.2, 0.25) is 0 Å². The van der Waals surface area contributed by atoms with E-state index in [9.17, 15) is 10.5 Å². The summed E-state index contributed by atoms with van der Waals surface area (Å²) in [4.78, 5) is 4.16. The van der Waals surface area contributed by atoms with Crippen molar-refractivity contribution in [3.05, 3.63) is 24.2 Å². The minimum Gasteiger partial charge on any atom is -0.469 e. The second-order valence-electron chi connectivity index (χ2n) is 5.06. The third kappa shape index (κ3) is 0.856. The quantitative estimate of drug-likeness (QED) is 0.792. The van der Waals surface area contributed by atoms with Crippen LogP contribution in [0.5, 0.6) is 0 Å². The Bertz CT molecular complexity index is 692. The van der Waals surface area contributed by atoms with Crippen molar-refractivity contribution in [1.29, 1.82) is 10.5 Å². The largest absolute Gasteiger partial charge is 0.469 e. The van der Waals surface area contributed by atoms with Gasteiger partial charge >= 0.3 is 0 Å². The maximum Gasteiger partial charge on any atom is 0.293 e. The molecule has 7 nitrogen and oxygen atoms in total. The van der Waals surface area contributed by atoms with Crippen LogP contribution < -0.4 is 5.73 Å². The van der Waals surface area contributed by atoms with Gasteiger partial charge in [0, 0.05) is 0 Å². The molecule has 4 rings (SSSR count). The fourth-order valence-corrected chi connectivity index (χ4v) is 3.60. The molecule has 3 atom stereocenters. The third-order valence-electron chi connectivity index (χ3n) is 4.43. The van der Waals surface area contributed by atoms with Crippen molar-refractivity contribution < 1.29 is 13.9 Å². The molecule has 0 amide bonds. The fourth-order valence-electron chi connectivity index (χ4n) is 3.60. The molecule has 20 heavy (non-hydrogen) atoms. The first-order valence-electron chi connectivity index (χ1n) is 6.18. The highest BCUT2D eigenvalue weighted by Gasteiger charge is 2.95. The van der Waals surface area contributed by atoms with Crippen molar-refractivity contribution in [2.75, 3.05) is 13.2 Å². The Morgan fingerprint density at radius 2 is 2.05 bits per heavy atom. The molecule has 0 bridgehead atoms. The van der Waals surface area contributed by atoms with Crippen molar-refractivity contribution in [2.24, 2.45) is 21.6 Å². The molecular weight excluding hydrogens is 260 g/mol. The lowest BCUT2D eigenvalue weighted by Crippen LogP contribution is -2.38. The Balaban J connectivity index is 1.96. The number of amidine groups is 1. The summed E-state index contributed by atoms with van der Waals surface area (Å²) in [6.07, 6.45) is 1.50. The summed E-state index contributed by atoms with van der Waals surface area (Å²) in [6, 6.07) is 7.75. The van der Waals surface area contributed by atoms with Gasteiger partial charge in [-0.25, -0.2) is 4.99 Å². The Morgan fingerprint density at radius 1 is 1.30 bits per heavy atom. The van der Waals surface area contributed by atoms with Crippen LogP contribution in [0.2, 0.25) is 0 Å². The summed E-state index contributed by atoms with van der Waals surface area (Å²) in [6.45, 7) is 0.624. The van der Waals surface area contributed by atoms with Crippen molar-refractivity contribution in [2.45, 2.75) is 11.8 Å². The SMILES string of the molecule is N#C[C@@]12[C@@H](c3ccco3)[C@@]1(C#N)C(N)=NC21OCCO1. The minimum absolute atomic E-state index is 0.0739. The molecule has 3 heterocycles. The van der Waals surface area contributed by atoms with Gasteiger partial charge in [-0.2, -0.15) is 10.5 Å². The molecule has 1 saturated heterocycles. The number of rotatable bonds is 1. The number of aliphatic imine (C=N–C) groups is 1. The fraction of sp³-hybridized carbons (Fsp3) is 0.462. The standard InChI is InChI=1S/C13H10N4O3/c14-6-11-9(8-2-1-3-18-8)12(11,7-15)13(17-10(11)16)19-4-5-20-13/h1-3,9H,4-5H2,(H2,16,17)/t9-,11-,12+/m0/s1. The predicted octanol–water partition coefficient (Wildman–Crippen LogP) is 0.468. The van der Waals surface area contributed by atoms with Gasteiger partial charge in [-0.3, -0.25) is 0 Å². The van der Waals surface area contributed by atoms with Crippen molar-refractivity contribution in [1.82, 2.24) is 0 Å². The smallest absolute Gasteiger partial charge is 0.293 e. The van der Waals surface area contributed by atoms with Crippen LogP contribution in [0, 0.1) is 33.5 Å². The van der Waals surface area contributed by atoms with Gasteiger partial charge in [0.15, 0.2) is 10.8 Å². The van der Waals surface area contributed by atoms with E-state index in [0.29, 0.717) is 19.0 Å². The lowest BCUT2D eigenvalue weighted by Gasteiger charge is -2.25. The highest BCUT2D eigenvalue weighted by molar-refractivity contribution is 6.00. The zero-order valence-corrected chi connectivity index (χ0v) is 10.4. The summed E-state index contributed by atoms with van der Waals surface area (Å²) in [5.41, 5.74) is 3.42. The van der Waals surface area contributed by atoms with E-state index in [1.165, 1.54) is 6.26 Å². The average molecular weight is 270 g/mol. The summed E-state index contributed by atoms with van der Waals surface area (Å²) in [5.74, 6) is -1.43. The number of nitriles is 2. The molecule has 0 radical (unpaired) electrons. The number of hydrogen-bond acceptors (Lipinski definition) is 7. The zero-order chi connectivity index (χ0) is 14.0. The molecule has 1 saturated carbocycles. The summed E-state index contributed by atoms with van der Waals surface area (Å²) in [7, 11) is 0. The number of fused-ring (bicyclic) bond motifs is 2. The first kappa shape index (κ1) is 11.5. The van der Waals surface area contributed by atoms with Gasteiger partial charge in [0.1, 0.15) is 11.6 Å². The highest BCUT2D eigenvalue weighted by atomic mass is 16.8. The second-order valence-corrected chi connectivity index (χ2v) is 5.06. The molecule has 7 heteroatoms. The Morgan fingerprint density at radius 3 is 2.60 bits per heavy atom. The molecule has 1 aromatic heterocycles. The third-order valence-corrected chi connectivity index (χ3v) is 4.43. The molecule has 2 N–H and O–H groups in total. The topological polar surface area (TPSA) is 118 Å². The summed E-state index contributed by atoms with van der Waals surface area (Å²) in [5, 5.41) is 19.4. The Kier molecular flexibility index (Phi) is 1.84. The maximum atomic E-state index is 9.74. The Labute approximate surface area is 114 Å². The summed E-state index contributed by atoms with van der Waals surface area (Å²) < 4.78 is 16.5. The first-order valence-corrected chi connectivity index (χ1v) is 6.18. The zero-order valence-electron chi connectivity index (χ0n) is 10.4. The number of furan rings is 1. The van der Waals surface area contributed by atoms with E-state index in [2.05, 4.69) is 17.1 Å². The van der Waals surface area contributed by atoms with Gasteiger partial charge in [0.05, 0.1) is 37.5 Å². The molecule has 2 aliphatic heterocycles.